The van der Waals surface area contributed by atoms with E-state index < -0.39 is 6.09 Å². The number of nitrogens with one attached hydrogen (secondary N) is 3. The van der Waals surface area contributed by atoms with Crippen molar-refractivity contribution < 1.29 is 19.1 Å². The summed E-state index contributed by atoms with van der Waals surface area (Å²) in [6, 6.07) is 31.0. The van der Waals surface area contributed by atoms with E-state index >= 15 is 0 Å². The normalized spacial score (nSPS) is 11.6. The number of carbonyl (C=O) groups is 2. The fourth-order valence-corrected chi connectivity index (χ4v) is 4.96. The molecule has 0 unspecified atom stereocenters. The predicted molar refractivity (Wildman–Crippen MR) is 160 cm³/mol. The summed E-state index contributed by atoms with van der Waals surface area (Å²) in [5.41, 5.74) is 6.50. The fourth-order valence-electron chi connectivity index (χ4n) is 4.76. The molecule has 0 fully saturated rings. The summed E-state index contributed by atoms with van der Waals surface area (Å²) in [5.74, 6) is 0.154. The number of hydrogen-bond donors (Lipinski definition) is 3. The van der Waals surface area contributed by atoms with Gasteiger partial charge in [0.15, 0.2) is 5.11 Å². The van der Waals surface area contributed by atoms with Gasteiger partial charge in [-0.2, -0.15) is 0 Å². The van der Waals surface area contributed by atoms with Gasteiger partial charge in [0.25, 0.3) is 5.91 Å². The Kier molecular flexibility index (Phi) is 8.37. The number of rotatable bonds is 8. The first kappa shape index (κ1) is 26.9. The maximum absolute atomic E-state index is 12.7. The van der Waals surface area contributed by atoms with Crippen molar-refractivity contribution in [3.05, 3.63) is 119 Å². The first-order valence-corrected chi connectivity index (χ1v) is 13.5. The van der Waals surface area contributed by atoms with E-state index in [1.54, 1.807) is 18.2 Å². The zero-order chi connectivity index (χ0) is 27.9. The minimum absolute atomic E-state index is 0.0487. The lowest BCUT2D eigenvalue weighted by Gasteiger charge is -2.17. The molecule has 1 aliphatic carbocycles. The molecule has 8 heteroatoms. The first-order chi connectivity index (χ1) is 19.5. The zero-order valence-corrected chi connectivity index (χ0v) is 22.8. The summed E-state index contributed by atoms with van der Waals surface area (Å²) in [6.45, 7) is 2.83. The second-order valence-corrected chi connectivity index (χ2v) is 9.66. The van der Waals surface area contributed by atoms with Gasteiger partial charge in [-0.05, 0) is 65.2 Å². The van der Waals surface area contributed by atoms with E-state index in [4.69, 9.17) is 21.7 Å². The highest BCUT2D eigenvalue weighted by molar-refractivity contribution is 7.80. The van der Waals surface area contributed by atoms with Gasteiger partial charge in [0.1, 0.15) is 19.0 Å². The topological polar surface area (TPSA) is 88.7 Å². The maximum Gasteiger partial charge on any atom is 0.413 e. The molecule has 0 saturated heterocycles. The second-order valence-electron chi connectivity index (χ2n) is 9.25. The Morgan fingerprint density at radius 2 is 1.50 bits per heavy atom. The van der Waals surface area contributed by atoms with Crippen LogP contribution in [0.3, 0.4) is 0 Å². The number of amides is 2. The zero-order valence-electron chi connectivity index (χ0n) is 22.0. The molecule has 0 atom stereocenters. The molecule has 0 radical (unpaired) electrons. The molecule has 2 amide bonds. The van der Waals surface area contributed by atoms with E-state index in [9.17, 15) is 9.59 Å². The lowest BCUT2D eigenvalue weighted by Crippen LogP contribution is -2.35. The van der Waals surface area contributed by atoms with Gasteiger partial charge in [-0.3, -0.25) is 10.1 Å². The standard InChI is InChI=1S/C32H29N3O4S/c1-2-33-30(36)22-16-17-28(29(18-22)38-19-21-10-4-3-5-11-21)34-31(40)35-32(37)39-20-27-25-14-8-6-12-23(25)24-13-7-9-15-26(24)27/h3-18,27H,2,19-20H2,1H3,(H,33,36)(H2,34,35,37,40). The minimum atomic E-state index is -0.662. The van der Waals surface area contributed by atoms with E-state index in [1.807, 2.05) is 61.5 Å². The summed E-state index contributed by atoms with van der Waals surface area (Å²) in [5, 5.41) is 8.41. The van der Waals surface area contributed by atoms with Gasteiger partial charge in [0.2, 0.25) is 0 Å². The third-order valence-electron chi connectivity index (χ3n) is 6.63. The van der Waals surface area contributed by atoms with Crippen LogP contribution < -0.4 is 20.7 Å². The van der Waals surface area contributed by atoms with Gasteiger partial charge < -0.3 is 20.1 Å². The van der Waals surface area contributed by atoms with Crippen LogP contribution in [0.1, 0.15) is 39.9 Å². The number of alkyl carbamates (subject to hydrolysis) is 1. The molecular weight excluding hydrogens is 522 g/mol. The van der Waals surface area contributed by atoms with Crippen molar-refractivity contribution in [2.24, 2.45) is 0 Å². The van der Waals surface area contributed by atoms with E-state index in [0.29, 0.717) is 30.2 Å². The molecule has 0 spiro atoms. The third kappa shape index (κ3) is 6.13. The summed E-state index contributed by atoms with van der Waals surface area (Å²) >= 11 is 5.39. The quantitative estimate of drug-likeness (QED) is 0.224. The number of thiocarbonyl (C=S) groups is 1. The monoisotopic (exact) mass is 551 g/mol. The number of benzene rings is 4. The minimum Gasteiger partial charge on any atom is -0.487 e. The molecule has 0 aliphatic heterocycles. The van der Waals surface area contributed by atoms with Crippen LogP contribution in [0.2, 0.25) is 0 Å². The molecule has 202 valence electrons. The van der Waals surface area contributed by atoms with Crippen LogP contribution in [0.25, 0.3) is 11.1 Å². The van der Waals surface area contributed by atoms with Crippen molar-refractivity contribution >= 4 is 35.0 Å². The van der Waals surface area contributed by atoms with Crippen molar-refractivity contribution in [2.45, 2.75) is 19.4 Å². The van der Waals surface area contributed by atoms with Crippen LogP contribution in [0.5, 0.6) is 5.75 Å². The predicted octanol–water partition coefficient (Wildman–Crippen LogP) is 6.25. The highest BCUT2D eigenvalue weighted by Crippen LogP contribution is 2.44. The summed E-state index contributed by atoms with van der Waals surface area (Å²) in [6.07, 6.45) is -0.662. The third-order valence-corrected chi connectivity index (χ3v) is 6.83. The van der Waals surface area contributed by atoms with E-state index in [-0.39, 0.29) is 23.5 Å². The van der Waals surface area contributed by atoms with Crippen LogP contribution in [0.4, 0.5) is 10.5 Å². The Morgan fingerprint density at radius 1 is 0.850 bits per heavy atom. The van der Waals surface area contributed by atoms with Crippen molar-refractivity contribution in [1.82, 2.24) is 10.6 Å². The van der Waals surface area contributed by atoms with Crippen molar-refractivity contribution in [2.75, 3.05) is 18.5 Å². The van der Waals surface area contributed by atoms with Gasteiger partial charge in [-0.1, -0.05) is 78.9 Å². The first-order valence-electron chi connectivity index (χ1n) is 13.1. The van der Waals surface area contributed by atoms with Crippen molar-refractivity contribution in [3.63, 3.8) is 0 Å². The average Bonchev–Trinajstić information content (AvgIpc) is 3.29. The molecule has 0 saturated carbocycles. The van der Waals surface area contributed by atoms with Crippen molar-refractivity contribution in [3.8, 4) is 16.9 Å². The van der Waals surface area contributed by atoms with E-state index in [2.05, 4.69) is 40.2 Å². The molecule has 4 aromatic carbocycles. The molecule has 0 bridgehead atoms. The van der Waals surface area contributed by atoms with E-state index in [0.717, 1.165) is 27.8 Å². The van der Waals surface area contributed by atoms with Gasteiger partial charge in [-0.25, -0.2) is 4.79 Å². The molecule has 5 rings (SSSR count). The largest absolute Gasteiger partial charge is 0.487 e. The highest BCUT2D eigenvalue weighted by Gasteiger charge is 2.29. The molecule has 7 nitrogen and oxygen atoms in total. The fraction of sp³-hybridized carbons (Fsp3) is 0.156. The Balaban J connectivity index is 1.24. The molecule has 0 aromatic heterocycles. The lowest BCUT2D eigenvalue weighted by molar-refractivity contribution is 0.0955. The number of ether oxygens (including phenoxy) is 2. The van der Waals surface area contributed by atoms with Crippen LogP contribution in [0, 0.1) is 0 Å². The summed E-state index contributed by atoms with van der Waals surface area (Å²) < 4.78 is 11.6. The van der Waals surface area contributed by atoms with Crippen LogP contribution in [0.15, 0.2) is 97.1 Å². The second kappa shape index (κ2) is 12.4. The van der Waals surface area contributed by atoms with Crippen LogP contribution >= 0.6 is 12.2 Å². The molecule has 4 aromatic rings. The SMILES string of the molecule is CCNC(=O)c1ccc(NC(=S)NC(=O)OCC2c3ccccc3-c3ccccc32)c(OCc2ccccc2)c1. The Labute approximate surface area is 238 Å². The Morgan fingerprint density at radius 3 is 2.17 bits per heavy atom. The molecule has 40 heavy (non-hydrogen) atoms. The van der Waals surface area contributed by atoms with Crippen LogP contribution in [-0.2, 0) is 11.3 Å². The highest BCUT2D eigenvalue weighted by atomic mass is 32.1. The molecular formula is C32H29N3O4S. The van der Waals surface area contributed by atoms with E-state index in [1.165, 1.54) is 0 Å². The number of anilines is 1. The van der Waals surface area contributed by atoms with Gasteiger partial charge in [0, 0.05) is 18.0 Å². The molecule has 3 N–H and O–H groups in total. The molecule has 0 heterocycles. The number of hydrogen-bond acceptors (Lipinski definition) is 5. The molecule has 1 aliphatic rings. The maximum atomic E-state index is 12.7. The Hall–Kier alpha value is -4.69. The average molecular weight is 552 g/mol. The Bertz CT molecular complexity index is 1490. The van der Waals surface area contributed by atoms with Crippen molar-refractivity contribution in [1.29, 1.82) is 0 Å². The summed E-state index contributed by atoms with van der Waals surface area (Å²) in [4.78, 5) is 25.1. The van der Waals surface area contributed by atoms with Gasteiger partial charge >= 0.3 is 6.09 Å². The van der Waals surface area contributed by atoms with Crippen LogP contribution in [-0.4, -0.2) is 30.3 Å². The lowest BCUT2D eigenvalue weighted by atomic mass is 9.98. The van der Waals surface area contributed by atoms with Gasteiger partial charge in [-0.15, -0.1) is 0 Å². The van der Waals surface area contributed by atoms with Gasteiger partial charge in [0.05, 0.1) is 5.69 Å². The number of carbonyl (C=O) groups excluding carboxylic acids is 2. The number of fused-ring (bicyclic) bond motifs is 3. The summed E-state index contributed by atoms with van der Waals surface area (Å²) in [7, 11) is 0. The smallest absolute Gasteiger partial charge is 0.413 e.